The van der Waals surface area contributed by atoms with E-state index in [2.05, 4.69) is 49.0 Å². The number of benzene rings is 3. The topological polar surface area (TPSA) is 104 Å². The molecule has 2 fully saturated rings. The Labute approximate surface area is 279 Å². The van der Waals surface area contributed by atoms with E-state index in [0.717, 1.165) is 68.6 Å². The summed E-state index contributed by atoms with van der Waals surface area (Å²) in [4.78, 5) is 7.00. The normalized spacial score (nSPS) is 17.1. The molecule has 0 radical (unpaired) electrons. The zero-order valence-electron chi connectivity index (χ0n) is 26.2. The summed E-state index contributed by atoms with van der Waals surface area (Å²) in [5.74, 6) is -0.320. The van der Waals surface area contributed by atoms with E-state index in [1.807, 2.05) is 49.1 Å². The Morgan fingerprint density at radius 2 is 1.87 bits per heavy atom. The van der Waals surface area contributed by atoms with Crippen LogP contribution in [0.1, 0.15) is 53.7 Å². The van der Waals surface area contributed by atoms with Gasteiger partial charge in [-0.1, -0.05) is 59.3 Å². The van der Waals surface area contributed by atoms with Gasteiger partial charge in [-0.25, -0.2) is 9.07 Å². The lowest BCUT2D eigenvalue weighted by atomic mass is 9.69. The molecule has 0 spiro atoms. The molecule has 3 heterocycles. The summed E-state index contributed by atoms with van der Waals surface area (Å²) >= 11 is 6.93. The first-order valence-corrected chi connectivity index (χ1v) is 16.4. The number of nitriles is 1. The molecule has 238 valence electrons. The van der Waals surface area contributed by atoms with Crippen molar-refractivity contribution in [3.63, 3.8) is 0 Å². The number of halogens is 2. The summed E-state index contributed by atoms with van der Waals surface area (Å²) in [6, 6.07) is 23.1. The minimum absolute atomic E-state index is 0.0749. The maximum atomic E-state index is 14.0. The van der Waals surface area contributed by atoms with Crippen LogP contribution in [0.25, 0.3) is 10.9 Å². The van der Waals surface area contributed by atoms with Gasteiger partial charge in [0, 0.05) is 36.9 Å². The lowest BCUT2D eigenvalue weighted by Gasteiger charge is -2.31. The number of aromatic nitrogens is 4. The van der Waals surface area contributed by atoms with E-state index in [-0.39, 0.29) is 11.9 Å². The second-order valence-electron chi connectivity index (χ2n) is 12.4. The molecule has 0 amide bonds. The Morgan fingerprint density at radius 1 is 1.11 bits per heavy atom. The Bertz CT molecular complexity index is 1910. The molecule has 1 unspecified atom stereocenters. The quantitative estimate of drug-likeness (QED) is 0.177. The van der Waals surface area contributed by atoms with E-state index in [1.54, 1.807) is 18.3 Å². The van der Waals surface area contributed by atoms with Gasteiger partial charge in [-0.05, 0) is 54.7 Å². The van der Waals surface area contributed by atoms with Crippen LogP contribution in [0.5, 0.6) is 0 Å². The van der Waals surface area contributed by atoms with Crippen molar-refractivity contribution < 1.29 is 9.13 Å². The molecule has 12 heteroatoms. The van der Waals surface area contributed by atoms with Crippen LogP contribution in [0.15, 0.2) is 79.1 Å². The highest BCUT2D eigenvalue weighted by molar-refractivity contribution is 6.36. The van der Waals surface area contributed by atoms with E-state index in [9.17, 15) is 9.65 Å². The molecular formula is C35H35BClFN8O. The molecular weight excluding hydrogens is 614 g/mol. The van der Waals surface area contributed by atoms with Crippen LogP contribution in [-0.4, -0.2) is 65.6 Å². The van der Waals surface area contributed by atoms with Crippen LogP contribution in [0.2, 0.25) is 5.02 Å². The molecule has 9 nitrogen and oxygen atoms in total. The van der Waals surface area contributed by atoms with Crippen molar-refractivity contribution in [1.82, 2.24) is 24.9 Å². The molecule has 5 aromatic rings. The van der Waals surface area contributed by atoms with Gasteiger partial charge in [0.25, 0.3) is 0 Å². The molecule has 7 rings (SSSR count). The first kappa shape index (κ1) is 31.1. The third-order valence-electron chi connectivity index (χ3n) is 9.16. The molecule has 2 aromatic heterocycles. The van der Waals surface area contributed by atoms with Gasteiger partial charge in [0.1, 0.15) is 25.4 Å². The van der Waals surface area contributed by atoms with Gasteiger partial charge in [-0.3, -0.25) is 9.88 Å². The Hall–Kier alpha value is -4.50. The predicted octanol–water partition coefficient (Wildman–Crippen LogP) is 5.65. The lowest BCUT2D eigenvalue weighted by molar-refractivity contribution is 0.0368. The van der Waals surface area contributed by atoms with Gasteiger partial charge in [0.05, 0.1) is 58.7 Å². The second kappa shape index (κ2) is 13.3. The van der Waals surface area contributed by atoms with Gasteiger partial charge >= 0.3 is 0 Å². The number of hydrogen-bond donors (Lipinski definition) is 2. The van der Waals surface area contributed by atoms with Crippen molar-refractivity contribution in [3.8, 4) is 6.07 Å². The number of nitrogens with zero attached hydrogens (tertiary/aromatic N) is 6. The Kier molecular flexibility index (Phi) is 8.82. The summed E-state index contributed by atoms with van der Waals surface area (Å²) in [6.45, 7) is 4.15. The third-order valence-corrected chi connectivity index (χ3v) is 9.45. The average Bonchev–Trinajstić information content (AvgIpc) is 3.83. The molecule has 2 atom stereocenters. The van der Waals surface area contributed by atoms with E-state index >= 15 is 0 Å². The van der Waals surface area contributed by atoms with Crippen molar-refractivity contribution >= 4 is 41.7 Å². The van der Waals surface area contributed by atoms with E-state index in [1.165, 1.54) is 12.1 Å². The Balaban J connectivity index is 1.28. The third kappa shape index (κ3) is 6.68. The summed E-state index contributed by atoms with van der Waals surface area (Å²) in [5.41, 5.74) is 4.12. The largest absolute Gasteiger partial charge is 0.379 e. The summed E-state index contributed by atoms with van der Waals surface area (Å²) in [5, 5.41) is 27.7. The number of rotatable bonds is 11. The van der Waals surface area contributed by atoms with Crippen molar-refractivity contribution in [1.29, 1.82) is 5.26 Å². The fourth-order valence-electron chi connectivity index (χ4n) is 6.27. The molecule has 1 saturated carbocycles. The highest BCUT2D eigenvalue weighted by atomic mass is 35.5. The number of hydrogen-bond acceptors (Lipinski definition) is 8. The molecule has 3 aromatic carbocycles. The van der Waals surface area contributed by atoms with Gasteiger partial charge in [-0.2, -0.15) is 5.26 Å². The van der Waals surface area contributed by atoms with Gasteiger partial charge in [0.2, 0.25) is 0 Å². The number of morpholine rings is 1. The standard InChI is InChI=1S/C35H35BClFN8O/c36-35(25-6-8-26(38)9-7-25,32-22-46(44-43-32)28-10-11-28)42-27-18-29-33(24(20-39)21-40-34(29)30(37)19-27)41-31(23-4-2-1-3-5-23)12-13-45-14-16-47-17-15-45/h1-9,18-19,21-22,28,31,42H,10-17,36H2,(H,40,41)/t31-,35?/m1/s1. The van der Waals surface area contributed by atoms with E-state index in [4.69, 9.17) is 16.3 Å². The average molecular weight is 649 g/mol. The SMILES string of the molecule is BC(Nc1cc(Cl)c2ncc(C#N)c(N[C@H](CCN3CCOCC3)c3ccccc3)c2c1)(c1ccc(F)cc1)c1cn(C2CC2)nn1. The van der Waals surface area contributed by atoms with Crippen LogP contribution in [0.3, 0.4) is 0 Å². The van der Waals surface area contributed by atoms with Crippen molar-refractivity contribution in [2.24, 2.45) is 0 Å². The smallest absolute Gasteiger partial charge is 0.148 e. The van der Waals surface area contributed by atoms with Crippen LogP contribution < -0.4 is 10.6 Å². The summed E-state index contributed by atoms with van der Waals surface area (Å²) in [7, 11) is 2.00. The number of anilines is 2. The molecule has 1 aliphatic heterocycles. The zero-order valence-corrected chi connectivity index (χ0v) is 26.9. The van der Waals surface area contributed by atoms with Gasteiger partial charge < -0.3 is 15.4 Å². The summed E-state index contributed by atoms with van der Waals surface area (Å²) < 4.78 is 21.5. The molecule has 2 N–H and O–H groups in total. The van der Waals surface area contributed by atoms with Crippen LogP contribution in [-0.2, 0) is 10.2 Å². The monoisotopic (exact) mass is 648 g/mol. The van der Waals surface area contributed by atoms with E-state index < -0.39 is 5.44 Å². The fourth-order valence-corrected chi connectivity index (χ4v) is 6.54. The molecule has 1 aliphatic carbocycles. The number of ether oxygens (including phenoxy) is 1. The maximum absolute atomic E-state index is 14.0. The maximum Gasteiger partial charge on any atom is 0.148 e. The van der Waals surface area contributed by atoms with Gasteiger partial charge in [-0.15, -0.1) is 5.10 Å². The van der Waals surface area contributed by atoms with Crippen molar-refractivity contribution in [2.45, 2.75) is 36.8 Å². The first-order chi connectivity index (χ1) is 22.9. The van der Waals surface area contributed by atoms with Crippen molar-refractivity contribution in [3.05, 3.63) is 112 Å². The van der Waals surface area contributed by atoms with Crippen LogP contribution in [0.4, 0.5) is 15.8 Å². The van der Waals surface area contributed by atoms with Crippen molar-refractivity contribution in [2.75, 3.05) is 43.5 Å². The first-order valence-electron chi connectivity index (χ1n) is 16.0. The van der Waals surface area contributed by atoms with Crippen LogP contribution in [0, 0.1) is 17.1 Å². The molecule has 1 saturated heterocycles. The lowest BCUT2D eigenvalue weighted by Crippen LogP contribution is -2.38. The second-order valence-corrected chi connectivity index (χ2v) is 12.8. The highest BCUT2D eigenvalue weighted by Crippen LogP contribution is 2.39. The number of pyridine rings is 1. The molecule has 47 heavy (non-hydrogen) atoms. The number of fused-ring (bicyclic) bond motifs is 1. The predicted molar refractivity (Wildman–Crippen MR) is 184 cm³/mol. The molecule has 0 bridgehead atoms. The van der Waals surface area contributed by atoms with Crippen LogP contribution >= 0.6 is 11.6 Å². The zero-order chi connectivity index (χ0) is 32.4. The minimum atomic E-state index is -0.879. The highest BCUT2D eigenvalue weighted by Gasteiger charge is 2.34. The Morgan fingerprint density at radius 3 is 2.60 bits per heavy atom. The van der Waals surface area contributed by atoms with E-state index in [0.29, 0.717) is 39.2 Å². The minimum Gasteiger partial charge on any atom is -0.379 e. The molecule has 2 aliphatic rings. The van der Waals surface area contributed by atoms with Gasteiger partial charge in [0.15, 0.2) is 0 Å². The number of nitrogens with one attached hydrogen (secondary N) is 2. The summed E-state index contributed by atoms with van der Waals surface area (Å²) in [6.07, 6.45) is 6.50. The fraction of sp³-hybridized carbons (Fsp3) is 0.314.